The summed E-state index contributed by atoms with van der Waals surface area (Å²) in [6.45, 7) is 3.79. The molecule has 10 heteroatoms. The maximum atomic E-state index is 12.9. The number of aromatic nitrogens is 7. The Morgan fingerprint density at radius 2 is 2.10 bits per heavy atom. The SMILES string of the molecule is CC(C)c1nn(CC(=O)Nc2ccn3cnnc3c2)c(=O)c2cc(C3CC3)nn12. The third-order valence-electron chi connectivity index (χ3n) is 5.01. The Balaban J connectivity index is 1.46. The Hall–Kier alpha value is -3.56. The predicted molar refractivity (Wildman–Crippen MR) is 105 cm³/mol. The molecule has 1 amide bonds. The van der Waals surface area contributed by atoms with Crippen LogP contribution in [0, 0.1) is 0 Å². The van der Waals surface area contributed by atoms with Crippen LogP contribution in [0.3, 0.4) is 0 Å². The number of pyridine rings is 1. The lowest BCUT2D eigenvalue weighted by Gasteiger charge is -2.12. The number of carbonyl (C=O) groups is 1. The van der Waals surface area contributed by atoms with Gasteiger partial charge in [0.1, 0.15) is 18.4 Å². The van der Waals surface area contributed by atoms with Crippen LogP contribution in [-0.4, -0.2) is 39.9 Å². The first-order chi connectivity index (χ1) is 14.0. The van der Waals surface area contributed by atoms with Gasteiger partial charge in [0.05, 0.1) is 5.69 Å². The second kappa shape index (κ2) is 6.50. The number of hydrogen-bond acceptors (Lipinski definition) is 6. The largest absolute Gasteiger partial charge is 0.324 e. The topological polar surface area (TPSA) is 111 Å². The maximum Gasteiger partial charge on any atom is 0.293 e. The van der Waals surface area contributed by atoms with E-state index in [2.05, 4.69) is 25.7 Å². The molecular weight excluding hydrogens is 372 g/mol. The summed E-state index contributed by atoms with van der Waals surface area (Å²) in [7, 11) is 0. The first-order valence-electron chi connectivity index (χ1n) is 9.59. The van der Waals surface area contributed by atoms with E-state index in [0.29, 0.717) is 28.6 Å². The minimum Gasteiger partial charge on any atom is -0.324 e. The molecule has 0 aliphatic heterocycles. The molecule has 0 unspecified atom stereocenters. The van der Waals surface area contributed by atoms with Gasteiger partial charge < -0.3 is 5.32 Å². The molecular formula is C19H20N8O2. The Labute approximate surface area is 165 Å². The average Bonchev–Trinajstić information content (AvgIpc) is 3.26. The summed E-state index contributed by atoms with van der Waals surface area (Å²) in [6, 6.07) is 5.29. The lowest BCUT2D eigenvalue weighted by molar-refractivity contribution is -0.117. The number of rotatable bonds is 5. The predicted octanol–water partition coefficient (Wildman–Crippen LogP) is 1.57. The zero-order valence-electron chi connectivity index (χ0n) is 16.1. The summed E-state index contributed by atoms with van der Waals surface area (Å²) in [6.07, 6.45) is 5.53. The van der Waals surface area contributed by atoms with Crippen molar-refractivity contribution < 1.29 is 4.79 Å². The monoisotopic (exact) mass is 392 g/mol. The van der Waals surface area contributed by atoms with Gasteiger partial charge in [-0.15, -0.1) is 10.2 Å². The van der Waals surface area contributed by atoms with Gasteiger partial charge in [-0.2, -0.15) is 10.2 Å². The van der Waals surface area contributed by atoms with Gasteiger partial charge >= 0.3 is 0 Å². The zero-order chi connectivity index (χ0) is 20.1. The van der Waals surface area contributed by atoms with Crippen LogP contribution in [-0.2, 0) is 11.3 Å². The Bertz CT molecular complexity index is 1290. The van der Waals surface area contributed by atoms with Crippen molar-refractivity contribution in [2.45, 2.75) is 45.1 Å². The van der Waals surface area contributed by atoms with E-state index in [-0.39, 0.29) is 23.9 Å². The Kier molecular flexibility index (Phi) is 3.93. The smallest absolute Gasteiger partial charge is 0.293 e. The molecule has 0 radical (unpaired) electrons. The summed E-state index contributed by atoms with van der Waals surface area (Å²) < 4.78 is 4.59. The van der Waals surface area contributed by atoms with Crippen LogP contribution in [0.4, 0.5) is 5.69 Å². The molecule has 10 nitrogen and oxygen atoms in total. The number of carbonyl (C=O) groups excluding carboxylic acids is 1. The van der Waals surface area contributed by atoms with Gasteiger partial charge in [-0.25, -0.2) is 9.20 Å². The molecule has 4 aromatic rings. The molecule has 148 valence electrons. The molecule has 1 aliphatic rings. The summed E-state index contributed by atoms with van der Waals surface area (Å²) in [5.41, 5.74) is 2.26. The molecule has 0 aromatic carbocycles. The van der Waals surface area contributed by atoms with Gasteiger partial charge in [-0.05, 0) is 25.0 Å². The van der Waals surface area contributed by atoms with Crippen molar-refractivity contribution in [3.05, 3.63) is 52.6 Å². The fourth-order valence-electron chi connectivity index (χ4n) is 3.35. The minimum absolute atomic E-state index is 0.0507. The molecule has 0 saturated heterocycles. The van der Waals surface area contributed by atoms with E-state index in [1.165, 1.54) is 4.68 Å². The Morgan fingerprint density at radius 3 is 2.86 bits per heavy atom. The lowest BCUT2D eigenvalue weighted by atomic mass is 10.2. The number of nitrogens with one attached hydrogen (secondary N) is 1. The van der Waals surface area contributed by atoms with Gasteiger partial charge in [0.25, 0.3) is 5.56 Å². The maximum absolute atomic E-state index is 12.9. The van der Waals surface area contributed by atoms with Crippen LogP contribution in [0.5, 0.6) is 0 Å². The number of nitrogens with zero attached hydrogens (tertiary/aromatic N) is 7. The van der Waals surface area contributed by atoms with E-state index in [1.54, 1.807) is 33.6 Å². The average molecular weight is 392 g/mol. The highest BCUT2D eigenvalue weighted by molar-refractivity contribution is 5.91. The second-order valence-electron chi connectivity index (χ2n) is 7.68. The first-order valence-corrected chi connectivity index (χ1v) is 9.59. The van der Waals surface area contributed by atoms with E-state index in [0.717, 1.165) is 18.5 Å². The van der Waals surface area contributed by atoms with Crippen LogP contribution in [0.1, 0.15) is 50.0 Å². The molecule has 4 heterocycles. The van der Waals surface area contributed by atoms with Crippen LogP contribution < -0.4 is 10.9 Å². The van der Waals surface area contributed by atoms with Crippen LogP contribution in [0.25, 0.3) is 11.2 Å². The lowest BCUT2D eigenvalue weighted by Crippen LogP contribution is -2.32. The quantitative estimate of drug-likeness (QED) is 0.552. The molecule has 1 N–H and O–H groups in total. The van der Waals surface area contributed by atoms with E-state index in [4.69, 9.17) is 0 Å². The summed E-state index contributed by atoms with van der Waals surface area (Å²) in [5.74, 6) is 0.793. The highest BCUT2D eigenvalue weighted by atomic mass is 16.2. The number of anilines is 1. The van der Waals surface area contributed by atoms with Crippen molar-refractivity contribution in [2.24, 2.45) is 0 Å². The molecule has 1 fully saturated rings. The van der Waals surface area contributed by atoms with E-state index in [9.17, 15) is 9.59 Å². The second-order valence-corrected chi connectivity index (χ2v) is 7.68. The van der Waals surface area contributed by atoms with Crippen molar-refractivity contribution in [1.82, 2.24) is 34.0 Å². The standard InChI is InChI=1S/C19H20N8O2/c1-11(2)18-24-26(19(29)15-8-14(12-3-4-12)23-27(15)18)9-17(28)21-13-5-6-25-10-20-22-16(25)7-13/h5-8,10-12H,3-4,9H2,1-2H3,(H,21,28). The van der Waals surface area contributed by atoms with E-state index < -0.39 is 0 Å². The summed E-state index contributed by atoms with van der Waals surface area (Å²) in [5, 5.41) is 19.6. The first kappa shape index (κ1) is 17.5. The molecule has 1 aliphatic carbocycles. The minimum atomic E-state index is -0.343. The third kappa shape index (κ3) is 3.16. The summed E-state index contributed by atoms with van der Waals surface area (Å²) in [4.78, 5) is 25.5. The van der Waals surface area contributed by atoms with Gasteiger partial charge in [0.15, 0.2) is 11.5 Å². The van der Waals surface area contributed by atoms with Crippen molar-refractivity contribution in [3.8, 4) is 0 Å². The molecule has 4 aromatic heterocycles. The fourth-order valence-corrected chi connectivity index (χ4v) is 3.35. The molecule has 0 atom stereocenters. The summed E-state index contributed by atoms with van der Waals surface area (Å²) >= 11 is 0. The number of hydrogen-bond donors (Lipinski definition) is 1. The molecule has 1 saturated carbocycles. The van der Waals surface area contributed by atoms with E-state index in [1.807, 2.05) is 19.9 Å². The zero-order valence-corrected chi connectivity index (χ0v) is 16.1. The highest BCUT2D eigenvalue weighted by Crippen LogP contribution is 2.39. The van der Waals surface area contributed by atoms with Crippen molar-refractivity contribution in [3.63, 3.8) is 0 Å². The van der Waals surface area contributed by atoms with Crippen LogP contribution in [0.15, 0.2) is 35.5 Å². The van der Waals surface area contributed by atoms with E-state index >= 15 is 0 Å². The van der Waals surface area contributed by atoms with Gasteiger partial charge in [0, 0.05) is 29.8 Å². The third-order valence-corrected chi connectivity index (χ3v) is 5.01. The molecule has 29 heavy (non-hydrogen) atoms. The van der Waals surface area contributed by atoms with Crippen LogP contribution in [0.2, 0.25) is 0 Å². The normalized spacial score (nSPS) is 14.2. The van der Waals surface area contributed by atoms with Crippen molar-refractivity contribution in [2.75, 3.05) is 5.32 Å². The number of fused-ring (bicyclic) bond motifs is 2. The molecule has 0 bridgehead atoms. The Morgan fingerprint density at radius 1 is 1.28 bits per heavy atom. The van der Waals surface area contributed by atoms with Crippen molar-refractivity contribution >= 4 is 22.8 Å². The molecule has 0 spiro atoms. The number of amides is 1. The van der Waals surface area contributed by atoms with Crippen molar-refractivity contribution in [1.29, 1.82) is 0 Å². The highest BCUT2D eigenvalue weighted by Gasteiger charge is 2.28. The fraction of sp³-hybridized carbons (Fsp3) is 0.368. The van der Waals surface area contributed by atoms with Gasteiger partial charge in [0.2, 0.25) is 5.91 Å². The van der Waals surface area contributed by atoms with Crippen LogP contribution >= 0.6 is 0 Å². The van der Waals surface area contributed by atoms with Gasteiger partial charge in [-0.3, -0.25) is 14.0 Å². The van der Waals surface area contributed by atoms with Gasteiger partial charge in [-0.1, -0.05) is 13.8 Å². The molecule has 5 rings (SSSR count).